The highest BCUT2D eigenvalue weighted by Crippen LogP contribution is 2.38. The molecule has 1 aliphatic heterocycles. The van der Waals surface area contributed by atoms with Crippen molar-refractivity contribution in [2.75, 3.05) is 18.4 Å². The number of piperidine rings is 1. The largest absolute Gasteiger partial charge is 0.375 e. The highest BCUT2D eigenvalue weighted by molar-refractivity contribution is 5.98. The number of nitrogens with one attached hydrogen (secondary N) is 1. The van der Waals surface area contributed by atoms with E-state index >= 15 is 0 Å². The molecule has 4 nitrogen and oxygen atoms in total. The summed E-state index contributed by atoms with van der Waals surface area (Å²) in [4.78, 5) is 20.1. The number of likely N-dealkylation sites (tertiary alicyclic amines) is 1. The van der Waals surface area contributed by atoms with Gasteiger partial charge in [-0.15, -0.1) is 0 Å². The van der Waals surface area contributed by atoms with Gasteiger partial charge in [0.05, 0.1) is 5.41 Å². The van der Waals surface area contributed by atoms with Crippen molar-refractivity contribution in [3.05, 3.63) is 108 Å². The zero-order valence-corrected chi connectivity index (χ0v) is 17.8. The molecule has 4 heteroatoms. The third kappa shape index (κ3) is 4.85. The predicted octanol–water partition coefficient (Wildman–Crippen LogP) is 5.20. The number of nitrogens with zero attached hydrogens (tertiary/aromatic N) is 2. The smallest absolute Gasteiger partial charge is 0.236 e. The Morgan fingerprint density at radius 3 is 2.23 bits per heavy atom. The van der Waals surface area contributed by atoms with Gasteiger partial charge in [-0.25, -0.2) is 4.98 Å². The minimum atomic E-state index is -0.561. The Hall–Kier alpha value is -3.40. The molecule has 0 spiro atoms. The Morgan fingerprint density at radius 2 is 1.58 bits per heavy atom. The van der Waals surface area contributed by atoms with Gasteiger partial charge in [-0.3, -0.25) is 4.79 Å². The lowest BCUT2D eigenvalue weighted by Crippen LogP contribution is -2.49. The van der Waals surface area contributed by atoms with E-state index in [0.29, 0.717) is 5.82 Å². The van der Waals surface area contributed by atoms with Crippen LogP contribution in [0.5, 0.6) is 0 Å². The summed E-state index contributed by atoms with van der Waals surface area (Å²) in [5.74, 6) is 0.615. The highest BCUT2D eigenvalue weighted by Gasteiger charge is 2.43. The van der Waals surface area contributed by atoms with E-state index in [-0.39, 0.29) is 5.91 Å². The molecule has 1 amide bonds. The Balaban J connectivity index is 1.46. The van der Waals surface area contributed by atoms with Gasteiger partial charge in [-0.05, 0) is 48.9 Å². The molecule has 0 aliphatic carbocycles. The number of allylic oxidation sites excluding steroid dienone is 1. The van der Waals surface area contributed by atoms with Crippen molar-refractivity contribution in [1.29, 1.82) is 0 Å². The molecule has 3 aromatic rings. The number of amides is 1. The van der Waals surface area contributed by atoms with Crippen LogP contribution in [0.3, 0.4) is 0 Å². The average Bonchev–Trinajstić information content (AvgIpc) is 2.84. The van der Waals surface area contributed by atoms with Crippen molar-refractivity contribution in [2.45, 2.75) is 31.1 Å². The molecule has 0 bridgehead atoms. The van der Waals surface area contributed by atoms with Gasteiger partial charge in [-0.1, -0.05) is 73.3 Å². The molecular weight excluding hydrogens is 382 g/mol. The van der Waals surface area contributed by atoms with Gasteiger partial charge in [0.2, 0.25) is 5.91 Å². The molecule has 2 aromatic carbocycles. The molecule has 0 saturated carbocycles. The average molecular weight is 412 g/mol. The molecule has 0 atom stereocenters. The predicted molar refractivity (Wildman–Crippen MR) is 126 cm³/mol. The summed E-state index contributed by atoms with van der Waals surface area (Å²) in [6.07, 6.45) is 5.12. The molecule has 2 heterocycles. The Labute approximate surface area is 184 Å². The van der Waals surface area contributed by atoms with Crippen molar-refractivity contribution in [2.24, 2.45) is 0 Å². The molecule has 1 N–H and O–H groups in total. The SMILES string of the molecule is C=C(CCc1ccccc1)N1CCC(C(=O)Nc2ccccn2)(c2ccccc2)CC1. The van der Waals surface area contributed by atoms with E-state index in [4.69, 9.17) is 0 Å². The maximum absolute atomic E-state index is 13.5. The number of hydrogen-bond donors (Lipinski definition) is 1. The van der Waals surface area contributed by atoms with Crippen LogP contribution in [0.25, 0.3) is 0 Å². The lowest BCUT2D eigenvalue weighted by Gasteiger charge is -2.42. The second-order valence-corrected chi connectivity index (χ2v) is 8.16. The van der Waals surface area contributed by atoms with Crippen molar-refractivity contribution in [3.8, 4) is 0 Å². The highest BCUT2D eigenvalue weighted by atomic mass is 16.2. The van der Waals surface area contributed by atoms with Gasteiger partial charge >= 0.3 is 0 Å². The number of rotatable bonds is 7. The number of pyridine rings is 1. The number of carbonyl (C=O) groups is 1. The first-order valence-corrected chi connectivity index (χ1v) is 10.9. The van der Waals surface area contributed by atoms with E-state index in [1.165, 1.54) is 5.56 Å². The molecule has 4 rings (SSSR count). The first-order chi connectivity index (χ1) is 15.2. The standard InChI is InChI=1S/C27H29N3O/c1-22(15-16-23-10-4-2-5-11-23)30-20-17-27(18-21-30,24-12-6-3-7-13-24)26(31)29-25-14-8-9-19-28-25/h2-14,19H,1,15-18,20-21H2,(H,28,29,31). The Bertz CT molecular complexity index is 994. The minimum absolute atomic E-state index is 0.0203. The first kappa shape index (κ1) is 20.9. The topological polar surface area (TPSA) is 45.2 Å². The van der Waals surface area contributed by atoms with Gasteiger partial charge in [0.1, 0.15) is 5.82 Å². The summed E-state index contributed by atoms with van der Waals surface area (Å²) in [6.45, 7) is 5.98. The summed E-state index contributed by atoms with van der Waals surface area (Å²) < 4.78 is 0. The molecule has 158 valence electrons. The van der Waals surface area contributed by atoms with Crippen molar-refractivity contribution >= 4 is 11.7 Å². The second kappa shape index (κ2) is 9.61. The van der Waals surface area contributed by atoms with Crippen LogP contribution < -0.4 is 5.32 Å². The molecule has 31 heavy (non-hydrogen) atoms. The van der Waals surface area contributed by atoms with E-state index in [1.54, 1.807) is 6.20 Å². The van der Waals surface area contributed by atoms with Crippen LogP contribution in [0.15, 0.2) is 97.3 Å². The number of carbonyl (C=O) groups excluding carboxylic acids is 1. The molecule has 1 saturated heterocycles. The number of benzene rings is 2. The fourth-order valence-corrected chi connectivity index (χ4v) is 4.37. The molecule has 0 unspecified atom stereocenters. The van der Waals surface area contributed by atoms with Crippen LogP contribution in [-0.4, -0.2) is 28.9 Å². The normalized spacial score (nSPS) is 15.3. The minimum Gasteiger partial charge on any atom is -0.375 e. The lowest BCUT2D eigenvalue weighted by atomic mass is 9.71. The molecule has 1 aromatic heterocycles. The van der Waals surface area contributed by atoms with Crippen LogP contribution in [0.1, 0.15) is 30.4 Å². The molecule has 1 aliphatic rings. The molecule has 1 fully saturated rings. The van der Waals surface area contributed by atoms with Crippen molar-refractivity contribution in [1.82, 2.24) is 9.88 Å². The Morgan fingerprint density at radius 1 is 0.935 bits per heavy atom. The third-order valence-electron chi connectivity index (χ3n) is 6.28. The van der Waals surface area contributed by atoms with E-state index < -0.39 is 5.41 Å². The summed E-state index contributed by atoms with van der Waals surface area (Å²) >= 11 is 0. The van der Waals surface area contributed by atoms with E-state index in [9.17, 15) is 4.79 Å². The second-order valence-electron chi connectivity index (χ2n) is 8.16. The van der Waals surface area contributed by atoms with E-state index in [0.717, 1.165) is 50.0 Å². The number of aryl methyl sites for hydroxylation is 1. The molecule has 0 radical (unpaired) electrons. The lowest BCUT2D eigenvalue weighted by molar-refractivity contribution is -0.123. The van der Waals surface area contributed by atoms with Gasteiger partial charge in [0, 0.05) is 25.0 Å². The van der Waals surface area contributed by atoms with Gasteiger partial charge < -0.3 is 10.2 Å². The number of aromatic nitrogens is 1. The van der Waals surface area contributed by atoms with Crippen LogP contribution in [0.2, 0.25) is 0 Å². The third-order valence-corrected chi connectivity index (χ3v) is 6.28. The van der Waals surface area contributed by atoms with Crippen molar-refractivity contribution in [3.63, 3.8) is 0 Å². The van der Waals surface area contributed by atoms with Crippen LogP contribution in [0, 0.1) is 0 Å². The number of anilines is 1. The summed E-state index contributed by atoms with van der Waals surface area (Å²) in [6, 6.07) is 26.2. The Kier molecular flexibility index (Phi) is 6.46. The fraction of sp³-hybridized carbons (Fsp3) is 0.259. The van der Waals surface area contributed by atoms with Crippen molar-refractivity contribution < 1.29 is 4.79 Å². The first-order valence-electron chi connectivity index (χ1n) is 10.9. The fourth-order valence-electron chi connectivity index (χ4n) is 4.37. The summed E-state index contributed by atoms with van der Waals surface area (Å²) in [5, 5.41) is 3.05. The number of hydrogen-bond acceptors (Lipinski definition) is 3. The van der Waals surface area contributed by atoms with E-state index in [2.05, 4.69) is 58.2 Å². The van der Waals surface area contributed by atoms with Gasteiger partial charge in [0.25, 0.3) is 0 Å². The van der Waals surface area contributed by atoms with Crippen LogP contribution in [-0.2, 0) is 16.6 Å². The van der Waals surface area contributed by atoms with Gasteiger partial charge in [-0.2, -0.15) is 0 Å². The quantitative estimate of drug-likeness (QED) is 0.581. The van der Waals surface area contributed by atoms with Crippen LogP contribution in [0.4, 0.5) is 5.82 Å². The van der Waals surface area contributed by atoms with Gasteiger partial charge in [0.15, 0.2) is 0 Å². The molecular formula is C27H29N3O. The zero-order valence-electron chi connectivity index (χ0n) is 17.8. The van der Waals surface area contributed by atoms with E-state index in [1.807, 2.05) is 42.5 Å². The summed E-state index contributed by atoms with van der Waals surface area (Å²) in [7, 11) is 0. The maximum atomic E-state index is 13.5. The monoisotopic (exact) mass is 411 g/mol. The van der Waals surface area contributed by atoms with Crippen LogP contribution >= 0.6 is 0 Å². The maximum Gasteiger partial charge on any atom is 0.236 e. The summed E-state index contributed by atoms with van der Waals surface area (Å²) in [5.41, 5.74) is 2.98. The zero-order chi connectivity index (χ0) is 21.5.